The van der Waals surface area contributed by atoms with Crippen molar-refractivity contribution in [2.45, 2.75) is 36.9 Å². The Morgan fingerprint density at radius 1 is 1.17 bits per heavy atom. The lowest BCUT2D eigenvalue weighted by atomic mass is 10.1. The molecule has 5 rings (SSSR count). The van der Waals surface area contributed by atoms with Crippen LogP contribution in [0.2, 0.25) is 0 Å². The van der Waals surface area contributed by atoms with Gasteiger partial charge in [0.1, 0.15) is 17.9 Å². The minimum absolute atomic E-state index is 0.0305. The van der Waals surface area contributed by atoms with Crippen LogP contribution in [0.3, 0.4) is 0 Å². The highest BCUT2D eigenvalue weighted by Crippen LogP contribution is 2.35. The molecule has 0 saturated carbocycles. The average Bonchev–Trinajstić information content (AvgIpc) is 3.33. The maximum Gasteiger partial charge on any atom is 0.151 e. The summed E-state index contributed by atoms with van der Waals surface area (Å²) in [5.41, 5.74) is 9.03. The van der Waals surface area contributed by atoms with Gasteiger partial charge in [0, 0.05) is 11.4 Å². The minimum Gasteiger partial charge on any atom is -0.382 e. The molecule has 3 heterocycles. The molecule has 0 bridgehead atoms. The lowest BCUT2D eigenvalue weighted by molar-refractivity contribution is 0.0448. The summed E-state index contributed by atoms with van der Waals surface area (Å²) in [6, 6.07) is 17.1. The standard InChI is InChI=1S/C22H23N5OS/c1-14-10-19(27-21(14)22(23)24-13-25-27)20-9-7-17(28-20)12-26-29-18-8-6-15-4-2-3-5-16(15)11-18/h2-6,8,10-11,13,17,20,26H,7,9,12H2,1H3,(H2,23,24,25)/t17?,20-/m1/s1. The third-order valence-corrected chi connectivity index (χ3v) is 6.26. The number of rotatable bonds is 5. The molecule has 0 spiro atoms. The average molecular weight is 406 g/mol. The highest BCUT2D eigenvalue weighted by molar-refractivity contribution is 7.97. The third kappa shape index (κ3) is 3.57. The molecule has 3 N–H and O–H groups in total. The minimum atomic E-state index is 0.0305. The van der Waals surface area contributed by atoms with Crippen LogP contribution in [-0.4, -0.2) is 27.2 Å². The van der Waals surface area contributed by atoms with E-state index in [1.807, 2.05) is 11.4 Å². The number of fused-ring (bicyclic) bond motifs is 2. The number of ether oxygens (including phenoxy) is 1. The zero-order valence-electron chi connectivity index (χ0n) is 16.2. The molecular formula is C22H23N5OS. The summed E-state index contributed by atoms with van der Waals surface area (Å²) < 4.78 is 11.7. The summed E-state index contributed by atoms with van der Waals surface area (Å²) in [6.07, 6.45) is 3.70. The van der Waals surface area contributed by atoms with E-state index in [0.29, 0.717) is 5.82 Å². The molecular weight excluding hydrogens is 382 g/mol. The van der Waals surface area contributed by atoms with Crippen molar-refractivity contribution in [3.8, 4) is 0 Å². The van der Waals surface area contributed by atoms with Gasteiger partial charge in [-0.3, -0.25) is 4.72 Å². The largest absolute Gasteiger partial charge is 0.382 e. The number of benzene rings is 2. The molecule has 6 nitrogen and oxygen atoms in total. The molecule has 1 saturated heterocycles. The Bertz CT molecular complexity index is 1170. The number of nitrogen functional groups attached to an aromatic ring is 1. The van der Waals surface area contributed by atoms with Gasteiger partial charge >= 0.3 is 0 Å². The number of nitrogens with one attached hydrogen (secondary N) is 1. The van der Waals surface area contributed by atoms with Crippen molar-refractivity contribution >= 4 is 34.1 Å². The highest BCUT2D eigenvalue weighted by Gasteiger charge is 2.29. The molecule has 2 atom stereocenters. The van der Waals surface area contributed by atoms with Gasteiger partial charge in [-0.2, -0.15) is 5.10 Å². The summed E-state index contributed by atoms with van der Waals surface area (Å²) in [5.74, 6) is 0.506. The van der Waals surface area contributed by atoms with Crippen molar-refractivity contribution < 1.29 is 4.74 Å². The smallest absolute Gasteiger partial charge is 0.151 e. The molecule has 1 fully saturated rings. The van der Waals surface area contributed by atoms with Gasteiger partial charge in [0.15, 0.2) is 5.82 Å². The van der Waals surface area contributed by atoms with E-state index in [0.717, 1.165) is 36.2 Å². The molecule has 29 heavy (non-hydrogen) atoms. The summed E-state index contributed by atoms with van der Waals surface area (Å²) in [6.45, 7) is 2.83. The molecule has 7 heteroatoms. The van der Waals surface area contributed by atoms with Crippen LogP contribution in [0.1, 0.15) is 30.2 Å². The number of aryl methyl sites for hydroxylation is 1. The number of aromatic nitrogens is 3. The summed E-state index contributed by atoms with van der Waals surface area (Å²) in [4.78, 5) is 5.31. The van der Waals surface area contributed by atoms with Crippen LogP contribution in [0.25, 0.3) is 16.3 Å². The van der Waals surface area contributed by atoms with Crippen molar-refractivity contribution in [3.05, 3.63) is 66.1 Å². The van der Waals surface area contributed by atoms with E-state index in [9.17, 15) is 0 Å². The first-order valence-corrected chi connectivity index (χ1v) is 10.6. The lowest BCUT2D eigenvalue weighted by Crippen LogP contribution is -2.21. The molecule has 1 aliphatic rings. The Morgan fingerprint density at radius 2 is 2.03 bits per heavy atom. The van der Waals surface area contributed by atoms with Gasteiger partial charge in [0.05, 0.1) is 11.8 Å². The van der Waals surface area contributed by atoms with Crippen molar-refractivity contribution in [1.29, 1.82) is 0 Å². The zero-order valence-corrected chi connectivity index (χ0v) is 17.0. The molecule has 2 aromatic carbocycles. The van der Waals surface area contributed by atoms with E-state index in [1.165, 1.54) is 22.0 Å². The quantitative estimate of drug-likeness (QED) is 0.482. The second-order valence-corrected chi connectivity index (χ2v) is 8.41. The number of hydrogen-bond donors (Lipinski definition) is 2. The van der Waals surface area contributed by atoms with E-state index < -0.39 is 0 Å². The molecule has 0 amide bonds. The van der Waals surface area contributed by atoms with Crippen LogP contribution >= 0.6 is 11.9 Å². The van der Waals surface area contributed by atoms with E-state index >= 15 is 0 Å². The first-order chi connectivity index (χ1) is 14.2. The van der Waals surface area contributed by atoms with Gasteiger partial charge in [0.25, 0.3) is 0 Å². The van der Waals surface area contributed by atoms with Crippen molar-refractivity contribution in [2.24, 2.45) is 0 Å². The zero-order chi connectivity index (χ0) is 19.8. The van der Waals surface area contributed by atoms with Crippen molar-refractivity contribution in [2.75, 3.05) is 12.3 Å². The van der Waals surface area contributed by atoms with Crippen LogP contribution in [0.5, 0.6) is 0 Å². The first-order valence-electron chi connectivity index (χ1n) is 9.82. The Labute approximate surface area is 173 Å². The predicted octanol–water partition coefficient (Wildman–Crippen LogP) is 4.29. The molecule has 0 aliphatic carbocycles. The van der Waals surface area contributed by atoms with E-state index in [-0.39, 0.29) is 12.2 Å². The normalized spacial score (nSPS) is 19.3. The van der Waals surface area contributed by atoms with Crippen LogP contribution in [0, 0.1) is 6.92 Å². The number of nitrogens with zero attached hydrogens (tertiary/aromatic N) is 3. The Kier molecular flexibility index (Phi) is 4.87. The Balaban J connectivity index is 1.22. The fourth-order valence-corrected chi connectivity index (χ4v) is 4.79. The lowest BCUT2D eigenvalue weighted by Gasteiger charge is -2.14. The fraction of sp³-hybridized carbons (Fsp3) is 0.273. The van der Waals surface area contributed by atoms with Gasteiger partial charge < -0.3 is 10.5 Å². The van der Waals surface area contributed by atoms with Crippen LogP contribution < -0.4 is 10.5 Å². The monoisotopic (exact) mass is 405 g/mol. The molecule has 2 aromatic heterocycles. The number of hydrogen-bond acceptors (Lipinski definition) is 6. The maximum absolute atomic E-state index is 6.32. The summed E-state index contributed by atoms with van der Waals surface area (Å²) in [5, 5.41) is 6.90. The first kappa shape index (κ1) is 18.4. The number of nitrogens with two attached hydrogens (primary N) is 1. The SMILES string of the molecule is Cc1cc([C@H]2CCC(CNSc3ccc4ccccc4c3)O2)n2ncnc(N)c12. The molecule has 148 valence electrons. The Hall–Kier alpha value is -2.61. The third-order valence-electron chi connectivity index (χ3n) is 5.46. The van der Waals surface area contributed by atoms with Gasteiger partial charge in [0.2, 0.25) is 0 Å². The Morgan fingerprint density at radius 3 is 2.93 bits per heavy atom. The van der Waals surface area contributed by atoms with Crippen LogP contribution in [-0.2, 0) is 4.74 Å². The summed E-state index contributed by atoms with van der Waals surface area (Å²) >= 11 is 1.66. The predicted molar refractivity (Wildman–Crippen MR) is 117 cm³/mol. The van der Waals surface area contributed by atoms with Crippen molar-refractivity contribution in [1.82, 2.24) is 19.3 Å². The second-order valence-electron chi connectivity index (χ2n) is 7.44. The van der Waals surface area contributed by atoms with E-state index in [2.05, 4.69) is 63.3 Å². The van der Waals surface area contributed by atoms with Crippen LogP contribution in [0.4, 0.5) is 5.82 Å². The number of anilines is 1. The van der Waals surface area contributed by atoms with Crippen LogP contribution in [0.15, 0.2) is 59.8 Å². The summed E-state index contributed by atoms with van der Waals surface area (Å²) in [7, 11) is 0. The van der Waals surface area contributed by atoms with Crippen molar-refractivity contribution in [3.63, 3.8) is 0 Å². The second kappa shape index (κ2) is 7.67. The molecule has 1 unspecified atom stereocenters. The molecule has 1 aliphatic heterocycles. The van der Waals surface area contributed by atoms with Gasteiger partial charge in [-0.1, -0.05) is 30.3 Å². The van der Waals surface area contributed by atoms with E-state index in [4.69, 9.17) is 10.5 Å². The highest BCUT2D eigenvalue weighted by atomic mass is 32.2. The maximum atomic E-state index is 6.32. The topological polar surface area (TPSA) is 77.5 Å². The van der Waals surface area contributed by atoms with Gasteiger partial charge in [-0.15, -0.1) is 0 Å². The molecule has 4 aromatic rings. The fourth-order valence-electron chi connectivity index (χ4n) is 4.03. The van der Waals surface area contributed by atoms with Gasteiger partial charge in [-0.25, -0.2) is 9.50 Å². The van der Waals surface area contributed by atoms with Gasteiger partial charge in [-0.05, 0) is 66.2 Å². The molecule has 0 radical (unpaired) electrons. The van der Waals surface area contributed by atoms with E-state index in [1.54, 1.807) is 11.9 Å².